The van der Waals surface area contributed by atoms with Gasteiger partial charge < -0.3 is 5.32 Å². The van der Waals surface area contributed by atoms with Gasteiger partial charge in [-0.1, -0.05) is 30.3 Å². The van der Waals surface area contributed by atoms with Crippen molar-refractivity contribution in [3.63, 3.8) is 0 Å². The van der Waals surface area contributed by atoms with Crippen molar-refractivity contribution < 1.29 is 9.59 Å². The van der Waals surface area contributed by atoms with Crippen LogP contribution in [0.15, 0.2) is 30.3 Å². The molecular formula is C13H14N2O2S. The van der Waals surface area contributed by atoms with Gasteiger partial charge in [0.05, 0.1) is 0 Å². The second-order valence-electron chi connectivity index (χ2n) is 4.16. The first-order chi connectivity index (χ1) is 8.66. The molecule has 0 atom stereocenters. The van der Waals surface area contributed by atoms with Gasteiger partial charge in [-0.15, -0.1) is 0 Å². The first kappa shape index (κ1) is 12.7. The van der Waals surface area contributed by atoms with Gasteiger partial charge in [0.1, 0.15) is 6.42 Å². The summed E-state index contributed by atoms with van der Waals surface area (Å²) in [6.45, 7) is 0.548. The summed E-state index contributed by atoms with van der Waals surface area (Å²) < 4.78 is 0. The maximum Gasteiger partial charge on any atom is 0.238 e. The first-order valence-corrected chi connectivity index (χ1v) is 6.26. The van der Waals surface area contributed by atoms with Crippen molar-refractivity contribution in [1.82, 2.24) is 10.2 Å². The SMILES string of the molecule is O=C1CC(=O)N(CCCc2ccccc2)C(=S)N1. The minimum atomic E-state index is -0.315. The van der Waals surface area contributed by atoms with E-state index >= 15 is 0 Å². The lowest BCUT2D eigenvalue weighted by atomic mass is 10.1. The van der Waals surface area contributed by atoms with Gasteiger partial charge in [-0.3, -0.25) is 14.5 Å². The van der Waals surface area contributed by atoms with Crippen molar-refractivity contribution in [2.24, 2.45) is 0 Å². The molecule has 0 aliphatic carbocycles. The molecule has 0 spiro atoms. The van der Waals surface area contributed by atoms with E-state index in [1.807, 2.05) is 18.2 Å². The Morgan fingerprint density at radius 3 is 2.61 bits per heavy atom. The Morgan fingerprint density at radius 2 is 1.94 bits per heavy atom. The number of rotatable bonds is 4. The molecule has 0 unspecified atom stereocenters. The van der Waals surface area contributed by atoms with Crippen molar-refractivity contribution in [3.05, 3.63) is 35.9 Å². The summed E-state index contributed by atoms with van der Waals surface area (Å²) in [5, 5.41) is 2.73. The summed E-state index contributed by atoms with van der Waals surface area (Å²) in [6, 6.07) is 10.1. The third-order valence-electron chi connectivity index (χ3n) is 2.79. The monoisotopic (exact) mass is 262 g/mol. The molecule has 1 aliphatic rings. The Bertz CT molecular complexity index is 453. The molecule has 2 amide bonds. The van der Waals surface area contributed by atoms with Crippen molar-refractivity contribution in [3.8, 4) is 0 Å². The molecule has 1 aromatic rings. The molecule has 0 bridgehead atoms. The molecule has 1 N–H and O–H groups in total. The minimum Gasteiger partial charge on any atom is -0.302 e. The van der Waals surface area contributed by atoms with E-state index in [0.29, 0.717) is 6.54 Å². The third-order valence-corrected chi connectivity index (χ3v) is 3.12. The summed E-state index contributed by atoms with van der Waals surface area (Å²) in [7, 11) is 0. The van der Waals surface area contributed by atoms with Crippen LogP contribution in [0, 0.1) is 0 Å². The highest BCUT2D eigenvalue weighted by Crippen LogP contribution is 2.07. The van der Waals surface area contributed by atoms with Gasteiger partial charge in [0.2, 0.25) is 11.8 Å². The Kier molecular flexibility index (Phi) is 4.04. The van der Waals surface area contributed by atoms with Crippen molar-refractivity contribution in [2.45, 2.75) is 19.3 Å². The van der Waals surface area contributed by atoms with Crippen LogP contribution in [0.5, 0.6) is 0 Å². The second-order valence-corrected chi connectivity index (χ2v) is 4.55. The molecule has 4 nitrogen and oxygen atoms in total. The predicted octanol–water partition coefficient (Wildman–Crippen LogP) is 1.25. The maximum atomic E-state index is 11.6. The van der Waals surface area contributed by atoms with Gasteiger partial charge in [-0.25, -0.2) is 0 Å². The molecule has 0 aromatic heterocycles. The number of nitrogens with one attached hydrogen (secondary N) is 1. The quantitative estimate of drug-likeness (QED) is 0.656. The zero-order valence-corrected chi connectivity index (χ0v) is 10.7. The average Bonchev–Trinajstić information content (AvgIpc) is 2.34. The Balaban J connectivity index is 1.85. The summed E-state index contributed by atoms with van der Waals surface area (Å²) in [5.41, 5.74) is 1.23. The number of carbonyl (C=O) groups is 2. The van der Waals surface area contributed by atoms with Crippen LogP contribution in [0.1, 0.15) is 18.4 Å². The van der Waals surface area contributed by atoms with Gasteiger partial charge in [0, 0.05) is 6.54 Å². The number of nitrogens with zero attached hydrogens (tertiary/aromatic N) is 1. The smallest absolute Gasteiger partial charge is 0.238 e. The number of benzene rings is 1. The van der Waals surface area contributed by atoms with Gasteiger partial charge in [0.25, 0.3) is 0 Å². The van der Waals surface area contributed by atoms with Crippen LogP contribution < -0.4 is 5.32 Å². The molecular weight excluding hydrogens is 248 g/mol. The number of aryl methyl sites for hydroxylation is 1. The first-order valence-electron chi connectivity index (χ1n) is 5.85. The van der Waals surface area contributed by atoms with Crippen LogP contribution in [-0.4, -0.2) is 28.4 Å². The fourth-order valence-electron chi connectivity index (χ4n) is 1.89. The lowest BCUT2D eigenvalue weighted by Gasteiger charge is -2.27. The average molecular weight is 262 g/mol. The van der Waals surface area contributed by atoms with Crippen LogP contribution in [-0.2, 0) is 16.0 Å². The summed E-state index contributed by atoms with van der Waals surface area (Å²) in [5.74, 6) is -0.527. The largest absolute Gasteiger partial charge is 0.302 e. The molecule has 0 radical (unpaired) electrons. The van der Waals surface area contributed by atoms with E-state index in [4.69, 9.17) is 12.2 Å². The predicted molar refractivity (Wildman–Crippen MR) is 71.8 cm³/mol. The number of hydrogen-bond donors (Lipinski definition) is 1. The lowest BCUT2D eigenvalue weighted by molar-refractivity contribution is -0.134. The Labute approximate surface area is 111 Å². The normalized spacial score (nSPS) is 15.8. The topological polar surface area (TPSA) is 49.4 Å². The molecule has 1 saturated heterocycles. The van der Waals surface area contributed by atoms with Crippen LogP contribution in [0.2, 0.25) is 0 Å². The fraction of sp³-hybridized carbons (Fsp3) is 0.308. The maximum absolute atomic E-state index is 11.6. The van der Waals surface area contributed by atoms with Crippen LogP contribution in [0.3, 0.4) is 0 Å². The van der Waals surface area contributed by atoms with E-state index in [9.17, 15) is 9.59 Å². The highest BCUT2D eigenvalue weighted by molar-refractivity contribution is 7.80. The zero-order valence-electron chi connectivity index (χ0n) is 9.89. The van der Waals surface area contributed by atoms with Crippen molar-refractivity contribution in [2.75, 3.05) is 6.54 Å². The van der Waals surface area contributed by atoms with Gasteiger partial charge >= 0.3 is 0 Å². The number of amides is 2. The molecule has 94 valence electrons. The van der Waals surface area contributed by atoms with E-state index in [-0.39, 0.29) is 23.3 Å². The molecule has 1 aliphatic heterocycles. The molecule has 5 heteroatoms. The highest BCUT2D eigenvalue weighted by atomic mass is 32.1. The third kappa shape index (κ3) is 3.13. The van der Waals surface area contributed by atoms with Gasteiger partial charge in [0.15, 0.2) is 5.11 Å². The summed E-state index contributed by atoms with van der Waals surface area (Å²) in [4.78, 5) is 24.2. The highest BCUT2D eigenvalue weighted by Gasteiger charge is 2.27. The summed E-state index contributed by atoms with van der Waals surface area (Å²) >= 11 is 4.98. The number of hydrogen-bond acceptors (Lipinski definition) is 3. The van der Waals surface area contributed by atoms with Crippen LogP contribution in [0.4, 0.5) is 0 Å². The van der Waals surface area contributed by atoms with Crippen molar-refractivity contribution >= 4 is 29.1 Å². The Morgan fingerprint density at radius 1 is 1.22 bits per heavy atom. The van der Waals surface area contributed by atoms with Gasteiger partial charge in [-0.05, 0) is 30.6 Å². The molecule has 1 fully saturated rings. The van der Waals surface area contributed by atoms with E-state index in [0.717, 1.165) is 12.8 Å². The molecule has 2 rings (SSSR count). The Hall–Kier alpha value is -1.75. The van der Waals surface area contributed by atoms with E-state index in [1.54, 1.807) is 0 Å². The standard InChI is InChI=1S/C13H14N2O2S/c16-11-9-12(17)15(13(18)14-11)8-4-7-10-5-2-1-3-6-10/h1-3,5-6H,4,7-9H2,(H,14,16,18). The lowest BCUT2D eigenvalue weighted by Crippen LogP contribution is -2.52. The summed E-state index contributed by atoms with van der Waals surface area (Å²) in [6.07, 6.45) is 1.61. The van der Waals surface area contributed by atoms with Crippen LogP contribution >= 0.6 is 12.2 Å². The number of carbonyl (C=O) groups excluding carboxylic acids is 2. The molecule has 0 saturated carbocycles. The molecule has 18 heavy (non-hydrogen) atoms. The van der Waals surface area contributed by atoms with Gasteiger partial charge in [-0.2, -0.15) is 0 Å². The van der Waals surface area contributed by atoms with Crippen LogP contribution in [0.25, 0.3) is 0 Å². The van der Waals surface area contributed by atoms with E-state index < -0.39 is 0 Å². The van der Waals surface area contributed by atoms with E-state index in [1.165, 1.54) is 10.5 Å². The minimum absolute atomic E-state index is 0.106. The zero-order chi connectivity index (χ0) is 13.0. The molecule has 1 heterocycles. The number of thiocarbonyl (C=S) groups is 1. The second kappa shape index (κ2) is 5.73. The van der Waals surface area contributed by atoms with Crippen molar-refractivity contribution in [1.29, 1.82) is 0 Å². The molecule has 1 aromatic carbocycles. The van der Waals surface area contributed by atoms with E-state index in [2.05, 4.69) is 17.4 Å². The fourth-order valence-corrected chi connectivity index (χ4v) is 2.20.